The number of aliphatic hydroxyl groups excluding tert-OH is 1. The van der Waals surface area contributed by atoms with Gasteiger partial charge in [-0.2, -0.15) is 11.3 Å². The topological polar surface area (TPSA) is 178 Å². The van der Waals surface area contributed by atoms with E-state index >= 15 is 0 Å². The number of nitrogens with one attached hydrogen (secondary N) is 4. The van der Waals surface area contributed by atoms with E-state index in [0.717, 1.165) is 87.3 Å². The summed E-state index contributed by atoms with van der Waals surface area (Å²) in [6.45, 7) is 2.85. The van der Waals surface area contributed by atoms with Gasteiger partial charge in [-0.1, -0.05) is 48.5 Å². The van der Waals surface area contributed by atoms with Gasteiger partial charge in [0.05, 0.1) is 43.0 Å². The van der Waals surface area contributed by atoms with Crippen molar-refractivity contribution in [2.75, 3.05) is 27.3 Å². The van der Waals surface area contributed by atoms with Gasteiger partial charge in [-0.25, -0.2) is 14.8 Å². The molecule has 2 fully saturated rings. The average Bonchev–Trinajstić information content (AvgIpc) is 4.11. The number of likely N-dealkylation sites (tertiary alicyclic amines) is 2. The van der Waals surface area contributed by atoms with Crippen LogP contribution in [0.3, 0.4) is 0 Å². The van der Waals surface area contributed by atoms with Gasteiger partial charge in [0, 0.05) is 25.8 Å². The molecule has 58 heavy (non-hydrogen) atoms. The Kier molecular flexibility index (Phi) is 11.4. The smallest absolute Gasteiger partial charge is 0.407 e. The van der Waals surface area contributed by atoms with E-state index in [1.165, 1.54) is 25.6 Å². The maximum Gasteiger partial charge on any atom is 0.407 e. The predicted molar refractivity (Wildman–Crippen MR) is 220 cm³/mol. The first-order valence-electron chi connectivity index (χ1n) is 19.4. The molecule has 5 heterocycles. The molecule has 0 aliphatic carbocycles. The normalized spacial score (nSPS) is 18.3. The van der Waals surface area contributed by atoms with Crippen LogP contribution >= 0.6 is 11.3 Å². The van der Waals surface area contributed by atoms with Gasteiger partial charge in [0.1, 0.15) is 23.7 Å². The van der Waals surface area contributed by atoms with Gasteiger partial charge >= 0.3 is 6.09 Å². The van der Waals surface area contributed by atoms with E-state index in [2.05, 4.69) is 91.0 Å². The summed E-state index contributed by atoms with van der Waals surface area (Å²) in [5.41, 5.74) is 6.67. The van der Waals surface area contributed by atoms with Crippen molar-refractivity contribution in [2.45, 2.75) is 63.2 Å². The Hall–Kier alpha value is -5.87. The highest BCUT2D eigenvalue weighted by Gasteiger charge is 2.37. The quantitative estimate of drug-likeness (QED) is 0.0846. The first-order chi connectivity index (χ1) is 28.2. The second kappa shape index (κ2) is 16.9. The average molecular weight is 803 g/mol. The number of aromatic nitrogens is 4. The summed E-state index contributed by atoms with van der Waals surface area (Å²) in [7, 11) is 2.66. The fourth-order valence-corrected chi connectivity index (χ4v) is 8.73. The number of hydrogen-bond acceptors (Lipinski definition) is 10. The summed E-state index contributed by atoms with van der Waals surface area (Å²) >= 11 is 1.49. The Morgan fingerprint density at radius 1 is 0.793 bits per heavy atom. The molecule has 5 atom stereocenters. The van der Waals surface area contributed by atoms with Gasteiger partial charge in [0.25, 0.3) is 0 Å². The molecule has 0 radical (unpaired) electrons. The Bertz CT molecular complexity index is 2390. The largest absolute Gasteiger partial charge is 0.453 e. The number of nitrogens with zero attached hydrogens (tertiary/aromatic N) is 4. The van der Waals surface area contributed by atoms with E-state index < -0.39 is 24.6 Å². The fourth-order valence-electron chi connectivity index (χ4n) is 8.04. The lowest BCUT2D eigenvalue weighted by Crippen LogP contribution is -2.46. The summed E-state index contributed by atoms with van der Waals surface area (Å²) in [4.78, 5) is 58.6. The molecule has 14 nitrogen and oxygen atoms in total. The third-order valence-corrected chi connectivity index (χ3v) is 11.8. The summed E-state index contributed by atoms with van der Waals surface area (Å²) in [6.07, 6.45) is 4.99. The molecule has 3 amide bonds. The van der Waals surface area contributed by atoms with Crippen molar-refractivity contribution < 1.29 is 29.0 Å². The molecule has 3 aromatic carbocycles. The van der Waals surface area contributed by atoms with Gasteiger partial charge < -0.3 is 39.7 Å². The number of carbonyl (C=O) groups excluding carboxylic acids is 3. The minimum atomic E-state index is -1.27. The summed E-state index contributed by atoms with van der Waals surface area (Å²) in [6, 6.07) is 21.1. The molecule has 3 aromatic heterocycles. The molecule has 2 aliphatic heterocycles. The molecule has 5 unspecified atom stereocenters. The number of hydrogen-bond donors (Lipinski definition) is 5. The van der Waals surface area contributed by atoms with Crippen LogP contribution < -0.4 is 10.6 Å². The van der Waals surface area contributed by atoms with Crippen molar-refractivity contribution in [2.24, 2.45) is 0 Å². The van der Waals surface area contributed by atoms with Gasteiger partial charge in [-0.05, 0) is 94.6 Å². The van der Waals surface area contributed by atoms with Crippen LogP contribution in [0.25, 0.3) is 44.4 Å². The van der Waals surface area contributed by atoms with E-state index in [-0.39, 0.29) is 23.9 Å². The second-order valence-corrected chi connectivity index (χ2v) is 15.5. The second-order valence-electron chi connectivity index (χ2n) is 14.7. The highest BCUT2D eigenvalue weighted by molar-refractivity contribution is 7.08. The van der Waals surface area contributed by atoms with Crippen molar-refractivity contribution in [3.63, 3.8) is 0 Å². The number of benzene rings is 3. The monoisotopic (exact) mass is 802 g/mol. The number of amides is 3. The van der Waals surface area contributed by atoms with Crippen LogP contribution in [0.15, 0.2) is 89.9 Å². The Morgan fingerprint density at radius 3 is 1.97 bits per heavy atom. The van der Waals surface area contributed by atoms with Gasteiger partial charge in [0.2, 0.25) is 18.2 Å². The number of methoxy groups -OCH3 is 2. The number of fused-ring (bicyclic) bond motifs is 1. The lowest BCUT2D eigenvalue weighted by Gasteiger charge is -2.29. The molecule has 6 aromatic rings. The Balaban J connectivity index is 0.938. The molecule has 300 valence electrons. The highest BCUT2D eigenvalue weighted by atomic mass is 32.1. The van der Waals surface area contributed by atoms with Crippen LogP contribution in [0.5, 0.6) is 0 Å². The van der Waals surface area contributed by atoms with Crippen LogP contribution in [0.2, 0.25) is 0 Å². The number of thiophene rings is 1. The fraction of sp³-hybridized carbons (Fsp3) is 0.326. The van der Waals surface area contributed by atoms with Crippen LogP contribution in [0, 0.1) is 0 Å². The van der Waals surface area contributed by atoms with Crippen molar-refractivity contribution in [1.29, 1.82) is 0 Å². The maximum atomic E-state index is 13.8. The molecular weight excluding hydrogens is 757 g/mol. The zero-order valence-corrected chi connectivity index (χ0v) is 33.3. The third-order valence-electron chi connectivity index (χ3n) is 11.1. The molecule has 5 N–H and O–H groups in total. The Morgan fingerprint density at radius 2 is 1.36 bits per heavy atom. The van der Waals surface area contributed by atoms with Gasteiger partial charge in [-0.15, -0.1) is 0 Å². The molecule has 8 rings (SSSR count). The number of carbonyl (C=O) groups is 3. The number of aromatic amines is 2. The van der Waals surface area contributed by atoms with Crippen molar-refractivity contribution >= 4 is 40.0 Å². The first-order valence-corrected chi connectivity index (χ1v) is 20.3. The van der Waals surface area contributed by atoms with Gasteiger partial charge in [0.15, 0.2) is 0 Å². The lowest BCUT2D eigenvalue weighted by atomic mass is 9.98. The van der Waals surface area contributed by atoms with Crippen LogP contribution in [0.4, 0.5) is 4.79 Å². The SMILES string of the molecule is COC(=O)NC(C)C(=O)N1CCCC1c1ncc(-c2ccc3cc(-c4ccc(-c5cnc(C6CCCN6C(=O)C(NC(O)OC)c6ccsc6)[nH]5)cc4)ccc3c2)[nH]1. The van der Waals surface area contributed by atoms with Crippen molar-refractivity contribution in [3.8, 4) is 33.6 Å². The number of alkyl carbamates (subject to hydrolysis) is 1. The molecular formula is C43H46N8O6S. The van der Waals surface area contributed by atoms with Crippen LogP contribution in [-0.4, -0.2) is 92.5 Å². The molecule has 2 aliphatic rings. The maximum absolute atomic E-state index is 13.8. The number of rotatable bonds is 12. The summed E-state index contributed by atoms with van der Waals surface area (Å²) < 4.78 is 9.66. The minimum absolute atomic E-state index is 0.134. The molecule has 2 saturated heterocycles. The number of aliphatic hydroxyl groups is 1. The molecule has 0 bridgehead atoms. The highest BCUT2D eigenvalue weighted by Crippen LogP contribution is 2.36. The zero-order valence-electron chi connectivity index (χ0n) is 32.5. The first kappa shape index (κ1) is 39.0. The number of H-pyrrole nitrogens is 2. The molecule has 15 heteroatoms. The van der Waals surface area contributed by atoms with Crippen LogP contribution in [-0.2, 0) is 19.1 Å². The van der Waals surface area contributed by atoms with Crippen molar-refractivity contribution in [1.82, 2.24) is 40.4 Å². The standard InChI is InChI=1S/C43H46N8O6S/c1-25(46-42(54)56-2)40(52)50-17-4-6-35(50)38-45-23-34(48-38)31-15-14-29-20-28(12-13-30(29)21-31)26-8-10-27(11-9-26)33-22-44-39(47-33)36-7-5-18-51(36)41(53)37(49-43(55)57-3)32-16-19-58-24-32/h8-16,19-25,35-37,43,49,55H,4-7,17-18H2,1-3H3,(H,44,47)(H,45,48)(H,46,54). The minimum Gasteiger partial charge on any atom is -0.453 e. The van der Waals surface area contributed by atoms with E-state index in [0.29, 0.717) is 13.1 Å². The van der Waals surface area contributed by atoms with E-state index in [9.17, 15) is 19.5 Å². The summed E-state index contributed by atoms with van der Waals surface area (Å²) in [5.74, 6) is 1.15. The zero-order chi connectivity index (χ0) is 40.3. The molecule has 0 saturated carbocycles. The number of imidazole rings is 2. The van der Waals surface area contributed by atoms with Crippen LogP contribution in [0.1, 0.15) is 67.9 Å². The van der Waals surface area contributed by atoms with E-state index in [4.69, 9.17) is 9.72 Å². The Labute approximate surface area is 339 Å². The van der Waals surface area contributed by atoms with Gasteiger partial charge in [-0.3, -0.25) is 14.9 Å². The van der Waals surface area contributed by atoms with E-state index in [1.54, 1.807) is 11.8 Å². The number of ether oxygens (including phenoxy) is 2. The third kappa shape index (κ3) is 7.98. The lowest BCUT2D eigenvalue weighted by molar-refractivity contribution is -0.143. The van der Waals surface area contributed by atoms with Crippen molar-refractivity contribution in [3.05, 3.63) is 107 Å². The summed E-state index contributed by atoms with van der Waals surface area (Å²) in [5, 5.41) is 21.6. The van der Waals surface area contributed by atoms with E-state index in [1.807, 2.05) is 34.1 Å². The molecule has 0 spiro atoms. The predicted octanol–water partition coefficient (Wildman–Crippen LogP) is 6.67.